The van der Waals surface area contributed by atoms with Gasteiger partial charge in [0.2, 0.25) is 6.79 Å². The molecule has 2 aromatic rings. The van der Waals surface area contributed by atoms with Crippen molar-refractivity contribution in [3.63, 3.8) is 0 Å². The van der Waals surface area contributed by atoms with Crippen molar-refractivity contribution in [3.05, 3.63) is 60.2 Å². The van der Waals surface area contributed by atoms with Crippen molar-refractivity contribution in [2.24, 2.45) is 0 Å². The molecule has 0 spiro atoms. The molecule has 0 aliphatic rings. The van der Waals surface area contributed by atoms with E-state index in [0.717, 1.165) is 11.3 Å². The van der Waals surface area contributed by atoms with Crippen LogP contribution in [0.1, 0.15) is 32.8 Å². The van der Waals surface area contributed by atoms with Crippen molar-refractivity contribution in [1.29, 1.82) is 0 Å². The Bertz CT molecular complexity index is 805. The van der Waals surface area contributed by atoms with Crippen LogP contribution in [0.2, 0.25) is 0 Å². The molecule has 7 nitrogen and oxygen atoms in total. The Morgan fingerprint density at radius 2 is 1.65 bits per heavy atom. The normalized spacial score (nSPS) is 11.5. The van der Waals surface area contributed by atoms with E-state index >= 15 is 0 Å². The molecule has 168 valence electrons. The zero-order valence-corrected chi connectivity index (χ0v) is 19.2. The average molecular weight is 448 g/mol. The van der Waals surface area contributed by atoms with Crippen LogP contribution in [0, 0.1) is 0 Å². The van der Waals surface area contributed by atoms with Crippen LogP contribution in [-0.2, 0) is 20.2 Å². The lowest BCUT2D eigenvalue weighted by molar-refractivity contribution is 0.0528. The van der Waals surface area contributed by atoms with E-state index in [1.807, 2.05) is 75.4 Å². The predicted octanol–water partition coefficient (Wildman–Crippen LogP) is 5.32. The molecule has 1 amide bonds. The summed E-state index contributed by atoms with van der Waals surface area (Å²) in [5.74, 6) is 1.42. The van der Waals surface area contributed by atoms with Crippen LogP contribution in [0.25, 0.3) is 0 Å². The van der Waals surface area contributed by atoms with E-state index in [-0.39, 0.29) is 6.79 Å². The fourth-order valence-electron chi connectivity index (χ4n) is 2.49. The van der Waals surface area contributed by atoms with Gasteiger partial charge < -0.3 is 19.5 Å². The number of carbonyl (C=O) groups is 1. The highest BCUT2D eigenvalue weighted by atomic mass is 31.1. The number of hydrogen-bond acceptors (Lipinski definition) is 6. The molecule has 2 aromatic carbocycles. The average Bonchev–Trinajstić information content (AvgIpc) is 2.72. The van der Waals surface area contributed by atoms with Gasteiger partial charge in [0.15, 0.2) is 6.16 Å². The van der Waals surface area contributed by atoms with Crippen LogP contribution in [0.3, 0.4) is 0 Å². The molecule has 0 saturated heterocycles. The van der Waals surface area contributed by atoms with Crippen LogP contribution in [0.15, 0.2) is 54.6 Å². The minimum atomic E-state index is -1.80. The van der Waals surface area contributed by atoms with E-state index in [9.17, 15) is 9.36 Å². The summed E-state index contributed by atoms with van der Waals surface area (Å²) >= 11 is 0. The van der Waals surface area contributed by atoms with Crippen molar-refractivity contribution in [2.75, 3.05) is 26.1 Å². The molecule has 0 radical (unpaired) electrons. The number of rotatable bonds is 12. The highest BCUT2D eigenvalue weighted by molar-refractivity contribution is 7.39. The van der Waals surface area contributed by atoms with Crippen molar-refractivity contribution in [1.82, 2.24) is 5.32 Å². The van der Waals surface area contributed by atoms with Gasteiger partial charge in [-0.05, 0) is 61.6 Å². The highest BCUT2D eigenvalue weighted by Gasteiger charge is 2.17. The SMILES string of the molecule is CC(C)(C)OC(=O)NCCc1ccc(OCO[P+](=O)CCCOc2ccccc2)cc1. The second-order valence-corrected chi connectivity index (χ2v) is 9.16. The number of alkyl carbamates (subject to hydrolysis) is 1. The third kappa shape index (κ3) is 11.4. The number of hydrogen-bond donors (Lipinski definition) is 1. The first-order chi connectivity index (χ1) is 14.8. The Labute approximate surface area is 184 Å². The molecule has 0 bridgehead atoms. The quantitative estimate of drug-likeness (QED) is 0.269. The van der Waals surface area contributed by atoms with Gasteiger partial charge in [0, 0.05) is 13.0 Å². The first-order valence-electron chi connectivity index (χ1n) is 10.3. The molecule has 2 rings (SSSR count). The van der Waals surface area contributed by atoms with E-state index in [4.69, 9.17) is 18.7 Å². The first-order valence-corrected chi connectivity index (χ1v) is 11.6. The summed E-state index contributed by atoms with van der Waals surface area (Å²) in [6.45, 7) is 6.36. The van der Waals surface area contributed by atoms with E-state index < -0.39 is 19.7 Å². The molecule has 1 N–H and O–H groups in total. The lowest BCUT2D eigenvalue weighted by atomic mass is 10.1. The van der Waals surface area contributed by atoms with Crippen molar-refractivity contribution < 1.29 is 28.1 Å². The molecular formula is C23H31NO6P+. The number of nitrogens with one attached hydrogen (secondary N) is 1. The summed E-state index contributed by atoms with van der Waals surface area (Å²) in [6, 6.07) is 16.9. The third-order valence-corrected chi connectivity index (χ3v) is 5.00. The fourth-order valence-corrected chi connectivity index (χ4v) is 3.18. The molecule has 1 atom stereocenters. The first kappa shape index (κ1) is 24.6. The van der Waals surface area contributed by atoms with Crippen molar-refractivity contribution in [2.45, 2.75) is 39.2 Å². The summed E-state index contributed by atoms with van der Waals surface area (Å²) < 4.78 is 33.4. The van der Waals surface area contributed by atoms with Crippen LogP contribution < -0.4 is 14.8 Å². The maximum atomic E-state index is 11.9. The number of para-hydroxylation sites is 1. The third-order valence-electron chi connectivity index (χ3n) is 3.92. The van der Waals surface area contributed by atoms with Crippen LogP contribution in [0.5, 0.6) is 11.5 Å². The predicted molar refractivity (Wildman–Crippen MR) is 120 cm³/mol. The van der Waals surface area contributed by atoms with E-state index in [2.05, 4.69) is 5.32 Å². The van der Waals surface area contributed by atoms with Gasteiger partial charge in [-0.2, -0.15) is 0 Å². The van der Waals surface area contributed by atoms with Gasteiger partial charge in [0.25, 0.3) is 0 Å². The Kier molecular flexibility index (Phi) is 10.3. The number of carbonyl (C=O) groups excluding carboxylic acids is 1. The topological polar surface area (TPSA) is 83.1 Å². The molecule has 0 saturated carbocycles. The maximum Gasteiger partial charge on any atom is 0.511 e. The van der Waals surface area contributed by atoms with Gasteiger partial charge in [0.1, 0.15) is 17.1 Å². The smallest absolute Gasteiger partial charge is 0.493 e. The van der Waals surface area contributed by atoms with Gasteiger partial charge >= 0.3 is 14.1 Å². The number of amides is 1. The lowest BCUT2D eigenvalue weighted by Crippen LogP contribution is -2.33. The second kappa shape index (κ2) is 12.9. The van der Waals surface area contributed by atoms with Gasteiger partial charge in [-0.1, -0.05) is 30.3 Å². The number of ether oxygens (including phenoxy) is 3. The Hall–Kier alpha value is -2.63. The summed E-state index contributed by atoms with van der Waals surface area (Å²) in [4.78, 5) is 11.6. The van der Waals surface area contributed by atoms with Crippen LogP contribution in [0.4, 0.5) is 4.79 Å². The number of benzene rings is 2. The maximum absolute atomic E-state index is 11.9. The van der Waals surface area contributed by atoms with E-state index in [0.29, 0.717) is 37.9 Å². The minimum Gasteiger partial charge on any atom is -0.493 e. The summed E-state index contributed by atoms with van der Waals surface area (Å²) in [5.41, 5.74) is 0.541. The molecule has 0 heterocycles. The monoisotopic (exact) mass is 448 g/mol. The molecular weight excluding hydrogens is 417 g/mol. The molecule has 0 fully saturated rings. The molecule has 8 heteroatoms. The summed E-state index contributed by atoms with van der Waals surface area (Å²) in [6.07, 6.45) is 1.29. The van der Waals surface area contributed by atoms with Gasteiger partial charge in [-0.25, -0.2) is 4.79 Å². The Morgan fingerprint density at radius 3 is 2.32 bits per heavy atom. The zero-order valence-electron chi connectivity index (χ0n) is 18.3. The lowest BCUT2D eigenvalue weighted by Gasteiger charge is -2.19. The standard InChI is InChI=1S/C23H30NO6P/c1-23(2,3)30-22(25)24-15-14-19-10-12-21(13-11-19)28-18-29-31(26)17-7-16-27-20-8-5-4-6-9-20/h4-6,8-13H,7,14-18H2,1-3H3/p+1. The second-order valence-electron chi connectivity index (χ2n) is 7.79. The molecule has 31 heavy (non-hydrogen) atoms. The molecule has 0 aliphatic carbocycles. The van der Waals surface area contributed by atoms with Gasteiger partial charge in [0.05, 0.1) is 6.61 Å². The minimum absolute atomic E-state index is 0.0751. The summed E-state index contributed by atoms with van der Waals surface area (Å²) in [5, 5.41) is 2.73. The molecule has 0 aliphatic heterocycles. The van der Waals surface area contributed by atoms with Crippen LogP contribution in [-0.4, -0.2) is 37.8 Å². The van der Waals surface area contributed by atoms with Gasteiger partial charge in [-0.3, -0.25) is 0 Å². The van der Waals surface area contributed by atoms with Crippen LogP contribution >= 0.6 is 8.03 Å². The molecule has 1 unspecified atom stereocenters. The highest BCUT2D eigenvalue weighted by Crippen LogP contribution is 2.24. The summed E-state index contributed by atoms with van der Waals surface area (Å²) in [7, 11) is -1.80. The Balaban J connectivity index is 1.56. The fraction of sp³-hybridized carbons (Fsp3) is 0.435. The molecule has 0 aromatic heterocycles. The largest absolute Gasteiger partial charge is 0.511 e. The Morgan fingerprint density at radius 1 is 0.968 bits per heavy atom. The van der Waals surface area contributed by atoms with E-state index in [1.165, 1.54) is 0 Å². The van der Waals surface area contributed by atoms with E-state index in [1.54, 1.807) is 0 Å². The van der Waals surface area contributed by atoms with Crippen molar-refractivity contribution in [3.8, 4) is 11.5 Å². The van der Waals surface area contributed by atoms with Crippen molar-refractivity contribution >= 4 is 14.1 Å². The zero-order chi connectivity index (χ0) is 22.5. The van der Waals surface area contributed by atoms with Gasteiger partial charge in [-0.15, -0.1) is 4.52 Å².